The van der Waals surface area contributed by atoms with E-state index in [0.29, 0.717) is 30.4 Å². The normalized spacial score (nSPS) is 12.0. The molecule has 0 aromatic carbocycles. The van der Waals surface area contributed by atoms with E-state index in [1.54, 1.807) is 24.8 Å². The Balaban J connectivity index is 2.40. The first-order chi connectivity index (χ1) is 9.47. The lowest BCUT2D eigenvalue weighted by atomic mass is 10.4. The minimum atomic E-state index is -0.327. The average molecular weight is 299 g/mol. The monoisotopic (exact) mass is 299 g/mol. The van der Waals surface area contributed by atoms with Crippen LogP contribution in [0.25, 0.3) is 0 Å². The molecule has 1 atom stereocenters. The van der Waals surface area contributed by atoms with Gasteiger partial charge in [0.2, 0.25) is 11.8 Å². The molecule has 1 rings (SSSR count). The van der Waals surface area contributed by atoms with Crippen molar-refractivity contribution in [1.29, 1.82) is 0 Å². The molecule has 0 saturated heterocycles. The van der Waals surface area contributed by atoms with Crippen LogP contribution in [-0.2, 0) is 9.59 Å². The molecule has 1 aromatic rings. The van der Waals surface area contributed by atoms with Gasteiger partial charge < -0.3 is 14.7 Å². The summed E-state index contributed by atoms with van der Waals surface area (Å²) >= 11 is 1.32. The van der Waals surface area contributed by atoms with E-state index < -0.39 is 0 Å². The van der Waals surface area contributed by atoms with E-state index in [4.69, 9.17) is 4.52 Å². The second kappa shape index (κ2) is 7.94. The fourth-order valence-electron chi connectivity index (χ4n) is 1.59. The van der Waals surface area contributed by atoms with Gasteiger partial charge in [-0.25, -0.2) is 0 Å². The largest absolute Gasteiger partial charge is 0.360 e. The SMILES string of the molecule is CCN(CC)C(=O)CSC(C)C(=O)Nc1cc(C)on1. The summed E-state index contributed by atoms with van der Waals surface area (Å²) in [5.41, 5.74) is 0. The van der Waals surface area contributed by atoms with Crippen LogP contribution < -0.4 is 5.32 Å². The first-order valence-electron chi connectivity index (χ1n) is 6.61. The number of nitrogens with zero attached hydrogens (tertiary/aromatic N) is 2. The van der Waals surface area contributed by atoms with Crippen molar-refractivity contribution in [3.05, 3.63) is 11.8 Å². The van der Waals surface area contributed by atoms with Crippen molar-refractivity contribution in [2.75, 3.05) is 24.2 Å². The van der Waals surface area contributed by atoms with Crippen molar-refractivity contribution in [3.63, 3.8) is 0 Å². The highest BCUT2D eigenvalue weighted by Crippen LogP contribution is 2.15. The molecule has 7 heteroatoms. The molecule has 0 aliphatic rings. The summed E-state index contributed by atoms with van der Waals surface area (Å²) in [5, 5.41) is 6.02. The second-order valence-electron chi connectivity index (χ2n) is 4.33. The number of aromatic nitrogens is 1. The second-order valence-corrected chi connectivity index (χ2v) is 5.66. The molecule has 0 radical (unpaired) electrons. The third-order valence-electron chi connectivity index (χ3n) is 2.82. The molecule has 1 aromatic heterocycles. The predicted molar refractivity (Wildman–Crippen MR) is 79.7 cm³/mol. The molecule has 1 unspecified atom stereocenters. The summed E-state index contributed by atoms with van der Waals surface area (Å²) in [7, 11) is 0. The number of anilines is 1. The Labute approximate surface area is 123 Å². The zero-order valence-electron chi connectivity index (χ0n) is 12.3. The van der Waals surface area contributed by atoms with Crippen molar-refractivity contribution in [3.8, 4) is 0 Å². The molecule has 0 aliphatic carbocycles. The Morgan fingerprint density at radius 3 is 2.60 bits per heavy atom. The van der Waals surface area contributed by atoms with Gasteiger partial charge in [0.1, 0.15) is 5.76 Å². The van der Waals surface area contributed by atoms with E-state index in [1.165, 1.54) is 11.8 Å². The van der Waals surface area contributed by atoms with Gasteiger partial charge in [0.15, 0.2) is 5.82 Å². The third-order valence-corrected chi connectivity index (χ3v) is 3.95. The molecule has 0 spiro atoms. The van der Waals surface area contributed by atoms with Crippen molar-refractivity contribution >= 4 is 29.4 Å². The number of carbonyl (C=O) groups excluding carboxylic acids is 2. The molecule has 1 heterocycles. The highest BCUT2D eigenvalue weighted by atomic mass is 32.2. The van der Waals surface area contributed by atoms with E-state index in [1.807, 2.05) is 13.8 Å². The lowest BCUT2D eigenvalue weighted by Gasteiger charge is -2.19. The van der Waals surface area contributed by atoms with Crippen LogP contribution in [0.15, 0.2) is 10.6 Å². The van der Waals surface area contributed by atoms with Crippen molar-refractivity contribution < 1.29 is 14.1 Å². The van der Waals surface area contributed by atoms with Crippen LogP contribution in [0.5, 0.6) is 0 Å². The van der Waals surface area contributed by atoms with Crippen molar-refractivity contribution in [2.24, 2.45) is 0 Å². The lowest BCUT2D eigenvalue weighted by molar-refractivity contribution is -0.127. The fraction of sp³-hybridized carbons (Fsp3) is 0.615. The summed E-state index contributed by atoms with van der Waals surface area (Å²) in [6.07, 6.45) is 0. The van der Waals surface area contributed by atoms with Crippen molar-refractivity contribution in [1.82, 2.24) is 10.1 Å². The molecule has 2 amide bonds. The average Bonchev–Trinajstić information content (AvgIpc) is 2.82. The molecule has 112 valence electrons. The topological polar surface area (TPSA) is 75.4 Å². The minimum Gasteiger partial charge on any atom is -0.360 e. The van der Waals surface area contributed by atoms with E-state index in [2.05, 4.69) is 10.5 Å². The number of thioether (sulfide) groups is 1. The maximum absolute atomic E-state index is 11.9. The molecule has 0 aliphatic heterocycles. The number of hydrogen-bond acceptors (Lipinski definition) is 5. The van der Waals surface area contributed by atoms with Gasteiger partial charge in [0, 0.05) is 19.2 Å². The number of aryl methyl sites for hydroxylation is 1. The Morgan fingerprint density at radius 2 is 2.10 bits per heavy atom. The van der Waals surface area contributed by atoms with E-state index >= 15 is 0 Å². The Hall–Kier alpha value is -1.50. The smallest absolute Gasteiger partial charge is 0.238 e. The summed E-state index contributed by atoms with van der Waals surface area (Å²) in [6, 6.07) is 1.65. The molecule has 20 heavy (non-hydrogen) atoms. The Morgan fingerprint density at radius 1 is 1.45 bits per heavy atom. The first-order valence-corrected chi connectivity index (χ1v) is 7.66. The van der Waals surface area contributed by atoms with Crippen LogP contribution in [-0.4, -0.2) is 46.0 Å². The van der Waals surface area contributed by atoms with Gasteiger partial charge in [-0.15, -0.1) is 11.8 Å². The Kier molecular flexibility index (Phi) is 6.57. The number of rotatable bonds is 7. The maximum atomic E-state index is 11.9. The summed E-state index contributed by atoms with van der Waals surface area (Å²) in [5.74, 6) is 1.20. The Bertz CT molecular complexity index is 457. The molecular weight excluding hydrogens is 278 g/mol. The van der Waals surface area contributed by atoms with Gasteiger partial charge in [-0.1, -0.05) is 5.16 Å². The van der Waals surface area contributed by atoms with Gasteiger partial charge in [-0.2, -0.15) is 0 Å². The van der Waals surface area contributed by atoms with Crippen LogP contribution in [0.1, 0.15) is 26.5 Å². The molecule has 0 bridgehead atoms. The van der Waals surface area contributed by atoms with E-state index in [0.717, 1.165) is 0 Å². The molecule has 6 nitrogen and oxygen atoms in total. The number of amides is 2. The van der Waals surface area contributed by atoms with Gasteiger partial charge in [-0.3, -0.25) is 9.59 Å². The van der Waals surface area contributed by atoms with Crippen LogP contribution >= 0.6 is 11.8 Å². The van der Waals surface area contributed by atoms with Crippen LogP contribution in [0.2, 0.25) is 0 Å². The highest BCUT2D eigenvalue weighted by Gasteiger charge is 2.18. The lowest BCUT2D eigenvalue weighted by Crippen LogP contribution is -2.33. The zero-order valence-corrected chi connectivity index (χ0v) is 13.1. The van der Waals surface area contributed by atoms with E-state index in [9.17, 15) is 9.59 Å². The number of hydrogen-bond donors (Lipinski definition) is 1. The zero-order chi connectivity index (χ0) is 15.1. The van der Waals surface area contributed by atoms with E-state index in [-0.39, 0.29) is 17.1 Å². The van der Waals surface area contributed by atoms with Crippen LogP contribution in [0.4, 0.5) is 5.82 Å². The standard InChI is InChI=1S/C13H21N3O3S/c1-5-16(6-2)12(17)8-20-10(4)13(18)14-11-7-9(3)19-15-11/h7,10H,5-6,8H2,1-4H3,(H,14,15,18). The van der Waals surface area contributed by atoms with Gasteiger partial charge >= 0.3 is 0 Å². The molecule has 0 saturated carbocycles. The summed E-state index contributed by atoms with van der Waals surface area (Å²) < 4.78 is 4.87. The highest BCUT2D eigenvalue weighted by molar-refractivity contribution is 8.01. The van der Waals surface area contributed by atoms with Crippen molar-refractivity contribution in [2.45, 2.75) is 32.9 Å². The summed E-state index contributed by atoms with van der Waals surface area (Å²) in [4.78, 5) is 25.5. The maximum Gasteiger partial charge on any atom is 0.238 e. The van der Waals surface area contributed by atoms with Gasteiger partial charge in [-0.05, 0) is 27.7 Å². The van der Waals surface area contributed by atoms with Crippen LogP contribution in [0.3, 0.4) is 0 Å². The summed E-state index contributed by atoms with van der Waals surface area (Å²) in [6.45, 7) is 8.78. The molecule has 0 fully saturated rings. The van der Waals surface area contributed by atoms with Gasteiger partial charge in [0.25, 0.3) is 0 Å². The fourth-order valence-corrected chi connectivity index (χ4v) is 2.38. The third kappa shape index (κ3) is 4.88. The molecular formula is C13H21N3O3S. The number of nitrogens with one attached hydrogen (secondary N) is 1. The predicted octanol–water partition coefficient (Wildman–Crippen LogP) is 1.91. The van der Waals surface area contributed by atoms with Crippen LogP contribution in [0, 0.1) is 6.92 Å². The quantitative estimate of drug-likeness (QED) is 0.832. The van der Waals surface area contributed by atoms with Gasteiger partial charge in [0.05, 0.1) is 11.0 Å². The first kappa shape index (κ1) is 16.6. The number of carbonyl (C=O) groups is 2. The minimum absolute atomic E-state index is 0.0527. The molecule has 1 N–H and O–H groups in total.